The van der Waals surface area contributed by atoms with Gasteiger partial charge in [0, 0.05) is 12.0 Å². The van der Waals surface area contributed by atoms with Gasteiger partial charge < -0.3 is 9.94 Å². The molecule has 0 saturated heterocycles. The predicted molar refractivity (Wildman–Crippen MR) is 91.4 cm³/mol. The van der Waals surface area contributed by atoms with Gasteiger partial charge in [-0.2, -0.15) is 0 Å². The standard InChI is InChI=1S/C18H30N2O3/c1-13-11-16(15-9-7-5-6-8-10-15)20(17(21)12-13)23-14(2)19-18(3,4)22/h11-12,14-15,19,22H,5-10H2,1-4H3. The third-order valence-electron chi connectivity index (χ3n) is 4.25. The largest absolute Gasteiger partial charge is 0.392 e. The normalized spacial score (nSPS) is 18.5. The number of pyridine rings is 1. The first-order valence-electron chi connectivity index (χ1n) is 8.67. The summed E-state index contributed by atoms with van der Waals surface area (Å²) < 4.78 is 1.42. The average Bonchev–Trinajstić information content (AvgIpc) is 2.68. The molecule has 1 saturated carbocycles. The minimum absolute atomic E-state index is 0.145. The van der Waals surface area contributed by atoms with Crippen molar-refractivity contribution in [2.75, 3.05) is 0 Å². The summed E-state index contributed by atoms with van der Waals surface area (Å²) in [4.78, 5) is 18.3. The molecule has 0 bridgehead atoms. The summed E-state index contributed by atoms with van der Waals surface area (Å²) in [5.74, 6) is 0.361. The predicted octanol–water partition coefficient (Wildman–Crippen LogP) is 2.69. The van der Waals surface area contributed by atoms with Gasteiger partial charge in [0.15, 0.2) is 6.23 Å². The van der Waals surface area contributed by atoms with Crippen LogP contribution < -0.4 is 15.7 Å². The smallest absolute Gasteiger partial charge is 0.283 e. The van der Waals surface area contributed by atoms with Crippen LogP contribution in [0.4, 0.5) is 0 Å². The van der Waals surface area contributed by atoms with Gasteiger partial charge in [-0.1, -0.05) is 25.7 Å². The van der Waals surface area contributed by atoms with Crippen molar-refractivity contribution in [3.63, 3.8) is 0 Å². The molecular formula is C18H30N2O3. The Hall–Kier alpha value is -1.33. The van der Waals surface area contributed by atoms with Crippen molar-refractivity contribution < 1.29 is 9.94 Å². The van der Waals surface area contributed by atoms with E-state index >= 15 is 0 Å². The number of aromatic nitrogens is 1. The molecule has 5 heteroatoms. The minimum Gasteiger partial charge on any atom is -0.392 e. The molecule has 0 radical (unpaired) electrons. The fraction of sp³-hybridized carbons (Fsp3) is 0.722. The van der Waals surface area contributed by atoms with Crippen LogP contribution in [0.5, 0.6) is 0 Å². The second-order valence-electron chi connectivity index (χ2n) is 7.23. The van der Waals surface area contributed by atoms with Crippen LogP contribution in [0.15, 0.2) is 16.9 Å². The lowest BCUT2D eigenvalue weighted by molar-refractivity contribution is -0.0559. The van der Waals surface area contributed by atoms with Crippen molar-refractivity contribution in [2.24, 2.45) is 0 Å². The van der Waals surface area contributed by atoms with E-state index in [0.29, 0.717) is 5.92 Å². The highest BCUT2D eigenvalue weighted by Gasteiger charge is 2.22. The van der Waals surface area contributed by atoms with E-state index in [1.165, 1.54) is 30.4 Å². The monoisotopic (exact) mass is 322 g/mol. The van der Waals surface area contributed by atoms with E-state index in [2.05, 4.69) is 11.4 Å². The molecule has 1 aliphatic carbocycles. The lowest BCUT2D eigenvalue weighted by Crippen LogP contribution is -2.50. The SMILES string of the molecule is Cc1cc(C2CCCCCC2)n(OC(C)NC(C)(C)O)c(=O)c1. The molecule has 1 unspecified atom stereocenters. The van der Waals surface area contributed by atoms with Gasteiger partial charge in [0.2, 0.25) is 0 Å². The van der Waals surface area contributed by atoms with Gasteiger partial charge in [-0.05, 0) is 52.2 Å². The van der Waals surface area contributed by atoms with Crippen LogP contribution in [0.25, 0.3) is 0 Å². The summed E-state index contributed by atoms with van der Waals surface area (Å²) in [7, 11) is 0. The van der Waals surface area contributed by atoms with Crippen molar-refractivity contribution in [2.45, 2.75) is 84.1 Å². The summed E-state index contributed by atoms with van der Waals surface area (Å²) in [6.45, 7) is 7.04. The summed E-state index contributed by atoms with van der Waals surface area (Å²) in [5, 5.41) is 12.8. The molecule has 1 fully saturated rings. The number of aryl methyl sites for hydroxylation is 1. The first-order chi connectivity index (χ1) is 10.8. The van der Waals surface area contributed by atoms with Gasteiger partial charge in [0.05, 0.1) is 5.69 Å². The van der Waals surface area contributed by atoms with Crippen molar-refractivity contribution in [1.29, 1.82) is 0 Å². The zero-order valence-corrected chi connectivity index (χ0v) is 14.8. The van der Waals surface area contributed by atoms with Gasteiger partial charge in [-0.25, -0.2) is 0 Å². The number of rotatable bonds is 5. The highest BCUT2D eigenvalue weighted by atomic mass is 16.7. The molecule has 0 amide bonds. The Labute approximate surface area is 138 Å². The first kappa shape index (κ1) is 18.0. The van der Waals surface area contributed by atoms with Gasteiger partial charge in [0.1, 0.15) is 5.72 Å². The fourth-order valence-electron chi connectivity index (χ4n) is 3.37. The topological polar surface area (TPSA) is 63.5 Å². The maximum absolute atomic E-state index is 12.4. The van der Waals surface area contributed by atoms with Gasteiger partial charge in [0.25, 0.3) is 5.56 Å². The van der Waals surface area contributed by atoms with Crippen LogP contribution in [-0.2, 0) is 0 Å². The van der Waals surface area contributed by atoms with E-state index in [0.717, 1.165) is 24.1 Å². The molecule has 0 aromatic carbocycles. The minimum atomic E-state index is -1.06. The number of aliphatic hydroxyl groups is 1. The number of hydrogen-bond donors (Lipinski definition) is 2. The molecule has 1 aromatic heterocycles. The van der Waals surface area contributed by atoms with Crippen LogP contribution in [0.1, 0.15) is 76.5 Å². The number of hydrogen-bond acceptors (Lipinski definition) is 4. The Morgan fingerprint density at radius 3 is 2.43 bits per heavy atom. The second-order valence-corrected chi connectivity index (χ2v) is 7.23. The maximum atomic E-state index is 12.4. The van der Waals surface area contributed by atoms with Crippen molar-refractivity contribution in [1.82, 2.24) is 10.0 Å². The molecular weight excluding hydrogens is 292 g/mol. The van der Waals surface area contributed by atoms with Crippen LogP contribution in [0.3, 0.4) is 0 Å². The highest BCUT2D eigenvalue weighted by Crippen LogP contribution is 2.31. The Bertz CT molecular complexity index is 567. The zero-order valence-electron chi connectivity index (χ0n) is 14.8. The van der Waals surface area contributed by atoms with Gasteiger partial charge >= 0.3 is 0 Å². The van der Waals surface area contributed by atoms with E-state index in [-0.39, 0.29) is 5.56 Å². The van der Waals surface area contributed by atoms with E-state index in [9.17, 15) is 9.90 Å². The lowest BCUT2D eigenvalue weighted by atomic mass is 9.95. The van der Waals surface area contributed by atoms with E-state index < -0.39 is 12.0 Å². The van der Waals surface area contributed by atoms with Crippen LogP contribution in [-0.4, -0.2) is 21.8 Å². The molecule has 130 valence electrons. The third kappa shape index (κ3) is 5.36. The van der Waals surface area contributed by atoms with E-state index in [1.54, 1.807) is 26.8 Å². The Morgan fingerprint density at radius 1 is 1.26 bits per heavy atom. The summed E-state index contributed by atoms with van der Waals surface area (Å²) in [6, 6.07) is 3.66. The molecule has 1 aromatic rings. The van der Waals surface area contributed by atoms with Crippen LogP contribution in [0.2, 0.25) is 0 Å². The van der Waals surface area contributed by atoms with Crippen LogP contribution >= 0.6 is 0 Å². The van der Waals surface area contributed by atoms with E-state index in [1.807, 2.05) is 6.92 Å². The summed E-state index contributed by atoms with van der Waals surface area (Å²) in [6.07, 6.45) is 6.65. The van der Waals surface area contributed by atoms with Crippen molar-refractivity contribution in [3.8, 4) is 0 Å². The quantitative estimate of drug-likeness (QED) is 0.646. The van der Waals surface area contributed by atoms with Crippen molar-refractivity contribution >= 4 is 0 Å². The molecule has 0 aliphatic heterocycles. The Morgan fingerprint density at radius 2 is 1.87 bits per heavy atom. The zero-order chi connectivity index (χ0) is 17.0. The third-order valence-corrected chi connectivity index (χ3v) is 4.25. The van der Waals surface area contributed by atoms with E-state index in [4.69, 9.17) is 4.84 Å². The highest BCUT2D eigenvalue weighted by molar-refractivity contribution is 5.19. The Balaban J connectivity index is 2.28. The molecule has 5 nitrogen and oxygen atoms in total. The fourth-order valence-corrected chi connectivity index (χ4v) is 3.37. The molecule has 2 N–H and O–H groups in total. The Kier molecular flexibility index (Phi) is 5.87. The second kappa shape index (κ2) is 7.49. The molecule has 1 heterocycles. The van der Waals surface area contributed by atoms with Gasteiger partial charge in [-0.3, -0.25) is 10.1 Å². The van der Waals surface area contributed by atoms with Gasteiger partial charge in [-0.15, -0.1) is 4.73 Å². The van der Waals surface area contributed by atoms with Crippen molar-refractivity contribution in [3.05, 3.63) is 33.7 Å². The molecule has 23 heavy (non-hydrogen) atoms. The summed E-state index contributed by atoms with van der Waals surface area (Å²) >= 11 is 0. The number of nitrogens with zero attached hydrogens (tertiary/aromatic N) is 1. The summed E-state index contributed by atoms with van der Waals surface area (Å²) in [5.41, 5.74) is 0.725. The lowest BCUT2D eigenvalue weighted by Gasteiger charge is -2.28. The maximum Gasteiger partial charge on any atom is 0.283 e. The molecule has 1 atom stereocenters. The number of nitrogens with one attached hydrogen (secondary N) is 1. The molecule has 2 rings (SSSR count). The average molecular weight is 322 g/mol. The molecule has 1 aliphatic rings. The molecule has 0 spiro atoms. The first-order valence-corrected chi connectivity index (χ1v) is 8.67. The van der Waals surface area contributed by atoms with Crippen LogP contribution in [0, 0.1) is 6.92 Å².